The van der Waals surface area contributed by atoms with E-state index in [1.54, 1.807) is 0 Å². The van der Waals surface area contributed by atoms with Crippen LogP contribution in [0.4, 0.5) is 0 Å². The highest BCUT2D eigenvalue weighted by Gasteiger charge is 2.50. The van der Waals surface area contributed by atoms with Crippen molar-refractivity contribution < 1.29 is 19.2 Å². The lowest BCUT2D eigenvalue weighted by Crippen LogP contribution is -2.66. The first kappa shape index (κ1) is 34.4. The maximum atomic E-state index is 10.6. The van der Waals surface area contributed by atoms with E-state index in [2.05, 4.69) is 112 Å². The van der Waals surface area contributed by atoms with E-state index in [9.17, 15) is 10.1 Å². The molecule has 0 radical (unpaired) electrons. The highest BCUT2D eigenvalue weighted by Crippen LogP contribution is 2.38. The maximum absolute atomic E-state index is 10.6. The SMILES string of the molecule is C=C(CO[Si](c1ccccc1)(c1ccccc1)C(C)(C)C)C1=CCB(O)OC1CC/C(=C/c1cc(C)c(O)c(C)c1)c1ccccc1. The number of aromatic hydroxyl groups is 1. The van der Waals surface area contributed by atoms with Crippen LogP contribution in [-0.4, -0.2) is 38.3 Å². The van der Waals surface area contributed by atoms with Crippen molar-refractivity contribution in [2.45, 2.75) is 64.9 Å². The number of phenolic OH excluding ortho intramolecular Hbond substituents is 1. The van der Waals surface area contributed by atoms with Crippen LogP contribution < -0.4 is 10.4 Å². The zero-order valence-corrected chi connectivity index (χ0v) is 29.4. The van der Waals surface area contributed by atoms with Crippen molar-refractivity contribution >= 4 is 37.5 Å². The minimum Gasteiger partial charge on any atom is -0.507 e. The molecular formula is C41H47BO4Si. The summed E-state index contributed by atoms with van der Waals surface area (Å²) < 4.78 is 13.4. The van der Waals surface area contributed by atoms with Crippen LogP contribution in [0.3, 0.4) is 0 Å². The molecule has 4 aromatic rings. The van der Waals surface area contributed by atoms with Crippen LogP contribution in [0.5, 0.6) is 5.75 Å². The standard InChI is InChI=1S/C41H47BO4Si/c1-30-26-33(27-31(2)40(30)43)28-35(34-16-10-7-11-17-34)22-23-39-38(24-25-42(44)46-39)32(3)29-45-47(41(4,5)6,36-18-12-8-13-19-36)37-20-14-9-15-21-37/h7-21,24,26-28,39,43-44H,3,22-23,25,29H2,1-2,4-6H3/b35-28-. The lowest BCUT2D eigenvalue weighted by atomic mass is 9.78. The van der Waals surface area contributed by atoms with E-state index < -0.39 is 15.4 Å². The molecule has 0 aliphatic carbocycles. The number of phenols is 1. The number of hydrogen-bond acceptors (Lipinski definition) is 4. The molecule has 4 aromatic carbocycles. The van der Waals surface area contributed by atoms with Crippen molar-refractivity contribution in [3.63, 3.8) is 0 Å². The minimum absolute atomic E-state index is 0.149. The third-order valence-electron chi connectivity index (χ3n) is 9.17. The Kier molecular flexibility index (Phi) is 10.9. The number of rotatable bonds is 11. The van der Waals surface area contributed by atoms with E-state index in [0.29, 0.717) is 25.1 Å². The lowest BCUT2D eigenvalue weighted by molar-refractivity contribution is 0.182. The zero-order valence-electron chi connectivity index (χ0n) is 28.4. The second-order valence-corrected chi connectivity index (χ2v) is 17.9. The fourth-order valence-electron chi connectivity index (χ4n) is 6.83. The fourth-order valence-corrected chi connectivity index (χ4v) is 11.4. The smallest absolute Gasteiger partial charge is 0.458 e. The van der Waals surface area contributed by atoms with Crippen molar-refractivity contribution in [2.75, 3.05) is 6.61 Å². The molecule has 47 heavy (non-hydrogen) atoms. The average Bonchev–Trinajstić information content (AvgIpc) is 3.06. The summed E-state index contributed by atoms with van der Waals surface area (Å²) >= 11 is 0. The molecule has 1 atom stereocenters. The molecule has 1 aliphatic rings. The van der Waals surface area contributed by atoms with E-state index >= 15 is 0 Å². The predicted octanol–water partition coefficient (Wildman–Crippen LogP) is 8.27. The zero-order chi connectivity index (χ0) is 33.6. The third kappa shape index (κ3) is 7.79. The first-order chi connectivity index (χ1) is 22.5. The van der Waals surface area contributed by atoms with Crippen molar-refractivity contribution in [1.29, 1.82) is 0 Å². The summed E-state index contributed by atoms with van der Waals surface area (Å²) in [7, 11) is -3.61. The Labute approximate surface area is 282 Å². The highest BCUT2D eigenvalue weighted by atomic mass is 28.4. The van der Waals surface area contributed by atoms with Crippen LogP contribution >= 0.6 is 0 Å². The van der Waals surface area contributed by atoms with Gasteiger partial charge in [0, 0.05) is 6.32 Å². The van der Waals surface area contributed by atoms with Crippen LogP contribution in [0.2, 0.25) is 11.4 Å². The Morgan fingerprint density at radius 1 is 0.915 bits per heavy atom. The number of aryl methyl sites for hydroxylation is 2. The van der Waals surface area contributed by atoms with Gasteiger partial charge in [-0.3, -0.25) is 0 Å². The van der Waals surface area contributed by atoms with Gasteiger partial charge in [0.25, 0.3) is 8.32 Å². The summed E-state index contributed by atoms with van der Waals surface area (Å²) in [5, 5.41) is 23.2. The first-order valence-electron chi connectivity index (χ1n) is 16.5. The van der Waals surface area contributed by atoms with E-state index in [4.69, 9.17) is 9.08 Å². The van der Waals surface area contributed by atoms with Crippen LogP contribution in [0, 0.1) is 13.8 Å². The highest BCUT2D eigenvalue weighted by molar-refractivity contribution is 6.99. The largest absolute Gasteiger partial charge is 0.507 e. The average molecular weight is 643 g/mol. The minimum atomic E-state index is -2.75. The second kappa shape index (κ2) is 14.9. The molecule has 0 spiro atoms. The molecule has 0 bridgehead atoms. The summed E-state index contributed by atoms with van der Waals surface area (Å²) in [6.07, 6.45) is 5.74. The molecule has 0 saturated heterocycles. The Morgan fingerprint density at radius 2 is 1.45 bits per heavy atom. The fraction of sp³-hybridized carbons (Fsp3) is 0.268. The molecular weight excluding hydrogens is 595 g/mol. The molecule has 2 N–H and O–H groups in total. The maximum Gasteiger partial charge on any atom is 0.458 e. The van der Waals surface area contributed by atoms with Crippen LogP contribution in [0.15, 0.2) is 127 Å². The van der Waals surface area contributed by atoms with Crippen molar-refractivity contribution in [3.8, 4) is 5.75 Å². The van der Waals surface area contributed by atoms with Gasteiger partial charge in [0.15, 0.2) is 0 Å². The van der Waals surface area contributed by atoms with Crippen molar-refractivity contribution in [3.05, 3.63) is 149 Å². The summed E-state index contributed by atoms with van der Waals surface area (Å²) in [5.41, 5.74) is 6.91. The van der Waals surface area contributed by atoms with Crippen molar-refractivity contribution in [2.24, 2.45) is 0 Å². The molecule has 1 heterocycles. The van der Waals surface area contributed by atoms with Gasteiger partial charge in [-0.15, -0.1) is 0 Å². The van der Waals surface area contributed by atoms with Gasteiger partial charge in [-0.25, -0.2) is 0 Å². The van der Waals surface area contributed by atoms with Gasteiger partial charge in [0.2, 0.25) is 0 Å². The molecule has 1 aliphatic heterocycles. The van der Waals surface area contributed by atoms with Gasteiger partial charge in [-0.05, 0) is 93.2 Å². The molecule has 0 aromatic heterocycles. The van der Waals surface area contributed by atoms with Gasteiger partial charge in [-0.2, -0.15) is 0 Å². The summed E-state index contributed by atoms with van der Waals surface area (Å²) in [5.74, 6) is 0.335. The molecule has 6 heteroatoms. The molecule has 0 saturated carbocycles. The Bertz CT molecular complexity index is 1660. The Balaban J connectivity index is 1.42. The first-order valence-corrected chi connectivity index (χ1v) is 18.4. The normalized spacial score (nSPS) is 15.8. The molecule has 1 unspecified atom stereocenters. The van der Waals surface area contributed by atoms with Crippen LogP contribution in [0.1, 0.15) is 55.9 Å². The Morgan fingerprint density at radius 3 is 1.98 bits per heavy atom. The topological polar surface area (TPSA) is 58.9 Å². The predicted molar refractivity (Wildman–Crippen MR) is 200 cm³/mol. The van der Waals surface area contributed by atoms with E-state index in [1.165, 1.54) is 10.4 Å². The number of benzene rings is 4. The molecule has 5 rings (SSSR count). The summed E-state index contributed by atoms with van der Waals surface area (Å²) in [6.45, 7) is 15.6. The number of hydrogen-bond donors (Lipinski definition) is 2. The number of allylic oxidation sites excluding steroid dienone is 2. The van der Waals surface area contributed by atoms with E-state index in [1.807, 2.05) is 44.2 Å². The van der Waals surface area contributed by atoms with Crippen LogP contribution in [0.25, 0.3) is 11.6 Å². The van der Waals surface area contributed by atoms with Gasteiger partial charge < -0.3 is 19.2 Å². The Hall–Kier alpha value is -3.94. The molecule has 242 valence electrons. The van der Waals surface area contributed by atoms with E-state index in [-0.39, 0.29) is 11.1 Å². The van der Waals surface area contributed by atoms with Gasteiger partial charge in [-0.1, -0.05) is 130 Å². The molecule has 0 fully saturated rings. The second-order valence-electron chi connectivity index (χ2n) is 13.6. The van der Waals surface area contributed by atoms with Crippen LogP contribution in [-0.2, 0) is 9.08 Å². The molecule has 0 amide bonds. The lowest BCUT2D eigenvalue weighted by Gasteiger charge is -2.43. The summed E-state index contributed by atoms with van der Waals surface area (Å²) in [6, 6.07) is 35.7. The van der Waals surface area contributed by atoms with E-state index in [0.717, 1.165) is 45.4 Å². The molecule has 4 nitrogen and oxygen atoms in total. The van der Waals surface area contributed by atoms with Gasteiger partial charge in [0.1, 0.15) is 5.75 Å². The van der Waals surface area contributed by atoms with Gasteiger partial charge in [0.05, 0.1) is 12.7 Å². The summed E-state index contributed by atoms with van der Waals surface area (Å²) in [4.78, 5) is 0. The monoisotopic (exact) mass is 642 g/mol. The van der Waals surface area contributed by atoms with Crippen molar-refractivity contribution in [1.82, 2.24) is 0 Å². The third-order valence-corrected chi connectivity index (χ3v) is 14.2. The quantitative estimate of drug-likeness (QED) is 0.128. The van der Waals surface area contributed by atoms with Gasteiger partial charge >= 0.3 is 7.12 Å².